The summed E-state index contributed by atoms with van der Waals surface area (Å²) in [7, 11) is 8.50. The van der Waals surface area contributed by atoms with E-state index in [1.54, 1.807) is 0 Å². The minimum atomic E-state index is -0.893. The summed E-state index contributed by atoms with van der Waals surface area (Å²) in [5.41, 5.74) is 0.853. The van der Waals surface area contributed by atoms with Gasteiger partial charge in [0.05, 0.1) is 34.3 Å². The van der Waals surface area contributed by atoms with Crippen molar-refractivity contribution in [1.82, 2.24) is 0 Å². The number of carbonyl (C=O) groups is 1. The fraction of sp³-hybridized carbons (Fsp3) is 0.964. The van der Waals surface area contributed by atoms with Crippen molar-refractivity contribution in [1.29, 1.82) is 0 Å². The van der Waals surface area contributed by atoms with E-state index in [4.69, 9.17) is 0 Å². The van der Waals surface area contributed by atoms with Crippen LogP contribution in [0.2, 0.25) is 0 Å². The molecule has 4 rings (SSSR count). The predicted octanol–water partition coefficient (Wildman–Crippen LogP) is 4.49. The molecule has 0 aromatic carbocycles. The average Bonchev–Trinajstić information content (AvgIpc) is 3.02. The number of rotatable bonds is 4. The van der Waals surface area contributed by atoms with Gasteiger partial charge in [-0.15, -0.1) is 0 Å². The third-order valence-electron chi connectivity index (χ3n) is 10.2. The van der Waals surface area contributed by atoms with E-state index in [9.17, 15) is 15.0 Å². The fourth-order valence-corrected chi connectivity index (χ4v) is 8.76. The topological polar surface area (TPSA) is 60.4 Å². The van der Waals surface area contributed by atoms with Crippen LogP contribution in [0.15, 0.2) is 0 Å². The Balaban J connectivity index is 0.000000523. The molecule has 0 aromatic rings. The number of aliphatic hydroxyl groups is 1. The van der Waals surface area contributed by atoms with E-state index in [0.717, 1.165) is 47.4 Å². The summed E-state index contributed by atoms with van der Waals surface area (Å²) < 4.78 is 1.00. The van der Waals surface area contributed by atoms with Crippen LogP contribution in [-0.2, 0) is 4.79 Å². The number of carboxylic acids is 1. The van der Waals surface area contributed by atoms with Gasteiger partial charge in [0.15, 0.2) is 0 Å². The molecule has 0 aliphatic heterocycles. The molecule has 4 nitrogen and oxygen atoms in total. The highest BCUT2D eigenvalue weighted by atomic mass is 16.4. The summed E-state index contributed by atoms with van der Waals surface area (Å²) in [5.74, 6) is 3.55. The molecule has 4 saturated carbocycles. The van der Waals surface area contributed by atoms with E-state index in [1.807, 2.05) is 0 Å². The van der Waals surface area contributed by atoms with Crippen LogP contribution in [0, 0.1) is 46.3 Å². The van der Waals surface area contributed by atoms with Gasteiger partial charge in [-0.2, -0.15) is 0 Å². The van der Waals surface area contributed by atoms with E-state index in [1.165, 1.54) is 44.9 Å². The zero-order valence-electron chi connectivity index (χ0n) is 22.0. The number of carboxylic acid groups (broad SMARTS) is 1. The van der Waals surface area contributed by atoms with Gasteiger partial charge in [-0.05, 0) is 117 Å². The van der Waals surface area contributed by atoms with E-state index >= 15 is 0 Å². The maximum Gasteiger partial charge on any atom is 0.0675 e. The van der Waals surface area contributed by atoms with Crippen molar-refractivity contribution in [2.24, 2.45) is 46.3 Å². The van der Waals surface area contributed by atoms with Crippen LogP contribution in [0.1, 0.15) is 91.4 Å². The number of aliphatic hydroxyl groups excluding tert-OH is 1. The van der Waals surface area contributed by atoms with Gasteiger partial charge < -0.3 is 19.5 Å². The number of fused-ring (bicyclic) bond motifs is 5. The van der Waals surface area contributed by atoms with Crippen molar-refractivity contribution in [2.75, 3.05) is 28.2 Å². The molecule has 0 saturated heterocycles. The third kappa shape index (κ3) is 5.37. The molecule has 32 heavy (non-hydrogen) atoms. The molecular formula is C28H51NO3. The Bertz CT molecular complexity index is 652. The highest BCUT2D eigenvalue weighted by Gasteiger charge is 2.60. The molecule has 0 aromatic heterocycles. The lowest BCUT2D eigenvalue weighted by Crippen LogP contribution is -2.54. The van der Waals surface area contributed by atoms with Crippen molar-refractivity contribution >= 4 is 5.97 Å². The second-order valence-corrected chi connectivity index (χ2v) is 13.9. The third-order valence-corrected chi connectivity index (χ3v) is 10.2. The van der Waals surface area contributed by atoms with Crippen LogP contribution in [0.25, 0.3) is 0 Å². The maximum absolute atomic E-state index is 10.9. The Morgan fingerprint density at radius 1 is 0.969 bits per heavy atom. The number of aliphatic carboxylic acids is 1. The Labute approximate surface area is 197 Å². The number of hydrogen-bond acceptors (Lipinski definition) is 3. The van der Waals surface area contributed by atoms with Gasteiger partial charge in [0.2, 0.25) is 0 Å². The predicted molar refractivity (Wildman–Crippen MR) is 129 cm³/mol. The van der Waals surface area contributed by atoms with Crippen molar-refractivity contribution in [3.05, 3.63) is 0 Å². The van der Waals surface area contributed by atoms with E-state index in [0.29, 0.717) is 22.7 Å². The second-order valence-electron chi connectivity index (χ2n) is 13.9. The molecule has 4 heteroatoms. The number of nitrogens with zero attached hydrogens (tertiary/aromatic N) is 1. The molecule has 4 fully saturated rings. The first-order chi connectivity index (χ1) is 14.8. The molecule has 9 atom stereocenters. The number of carbonyl (C=O) groups excluding carboxylic acids is 1. The van der Waals surface area contributed by atoms with E-state index in [-0.39, 0.29) is 12.5 Å². The highest BCUT2D eigenvalue weighted by Crippen LogP contribution is 2.68. The standard InChI is InChI=1S/C24H40O3.C4H12N/c1-15(4-9-22(26)27)19-7-8-20-18-6-5-16-14-17(25)10-12-23(16,2)21(18)11-13-24(19,20)3;1-5(2,3)4/h15-21,25H,4-14H2,1-3H3,(H,26,27);1-4H3/q;+1/p-1/t15-,16?,17-,18?,19-,20?,21?,23+,24-;/m1./s1. The normalized spacial score (nSPS) is 44.4. The molecule has 4 unspecified atom stereocenters. The summed E-state index contributed by atoms with van der Waals surface area (Å²) in [6.07, 6.45) is 12.2. The summed E-state index contributed by atoms with van der Waals surface area (Å²) >= 11 is 0. The smallest absolute Gasteiger partial charge is 0.0675 e. The first-order valence-corrected chi connectivity index (χ1v) is 13.4. The van der Waals surface area contributed by atoms with Crippen molar-refractivity contribution in [3.8, 4) is 0 Å². The van der Waals surface area contributed by atoms with Crippen LogP contribution in [0.4, 0.5) is 0 Å². The summed E-state index contributed by atoms with van der Waals surface area (Å²) in [6.45, 7) is 7.38. The number of quaternary nitrogens is 1. The van der Waals surface area contributed by atoms with E-state index < -0.39 is 5.97 Å². The first-order valence-electron chi connectivity index (χ1n) is 13.4. The van der Waals surface area contributed by atoms with E-state index in [2.05, 4.69) is 49.0 Å². The Kier molecular flexibility index (Phi) is 7.77. The molecule has 0 bridgehead atoms. The Hall–Kier alpha value is -0.610. The monoisotopic (exact) mass is 449 g/mol. The van der Waals surface area contributed by atoms with Gasteiger partial charge >= 0.3 is 0 Å². The van der Waals surface area contributed by atoms with Gasteiger partial charge in [0, 0.05) is 5.97 Å². The Morgan fingerprint density at radius 3 is 2.19 bits per heavy atom. The minimum Gasteiger partial charge on any atom is -0.550 e. The van der Waals surface area contributed by atoms with Crippen LogP contribution < -0.4 is 5.11 Å². The van der Waals surface area contributed by atoms with Gasteiger partial charge in [-0.3, -0.25) is 0 Å². The SMILES string of the molecule is C[C@H](CCC(=O)[O-])[C@H]1CCC2C3CCC4C[C@H](O)CC[C@]4(C)C3CC[C@@]21C.C[N+](C)(C)C. The molecule has 0 heterocycles. The molecule has 0 radical (unpaired) electrons. The van der Waals surface area contributed by atoms with Crippen molar-refractivity contribution < 1.29 is 19.5 Å². The molecule has 186 valence electrons. The van der Waals surface area contributed by atoms with Crippen LogP contribution in [-0.4, -0.2) is 49.9 Å². The van der Waals surface area contributed by atoms with Crippen LogP contribution in [0.5, 0.6) is 0 Å². The molecule has 4 aliphatic carbocycles. The zero-order valence-corrected chi connectivity index (χ0v) is 22.0. The molecule has 4 aliphatic rings. The zero-order chi connectivity index (χ0) is 23.9. The average molecular weight is 450 g/mol. The molecule has 1 N–H and O–H groups in total. The fourth-order valence-electron chi connectivity index (χ4n) is 8.76. The lowest BCUT2D eigenvalue weighted by molar-refractivity contribution is -0.849. The quantitative estimate of drug-likeness (QED) is 0.643. The summed E-state index contributed by atoms with van der Waals surface area (Å²) in [4.78, 5) is 10.9. The van der Waals surface area contributed by atoms with Gasteiger partial charge in [0.25, 0.3) is 0 Å². The Morgan fingerprint density at radius 2 is 1.56 bits per heavy atom. The van der Waals surface area contributed by atoms with Gasteiger partial charge in [-0.25, -0.2) is 0 Å². The molecule has 0 spiro atoms. The second kappa shape index (κ2) is 9.56. The summed E-state index contributed by atoms with van der Waals surface area (Å²) in [6, 6.07) is 0. The van der Waals surface area contributed by atoms with Gasteiger partial charge in [-0.1, -0.05) is 20.8 Å². The van der Waals surface area contributed by atoms with Gasteiger partial charge in [0.1, 0.15) is 0 Å². The highest BCUT2D eigenvalue weighted by molar-refractivity contribution is 5.64. The lowest BCUT2D eigenvalue weighted by Gasteiger charge is -2.61. The minimum absolute atomic E-state index is 0.0612. The molecule has 0 amide bonds. The van der Waals surface area contributed by atoms with Crippen LogP contribution >= 0.6 is 0 Å². The van der Waals surface area contributed by atoms with Crippen molar-refractivity contribution in [3.63, 3.8) is 0 Å². The molecular weight excluding hydrogens is 398 g/mol. The summed E-state index contributed by atoms with van der Waals surface area (Å²) in [5, 5.41) is 21.1. The largest absolute Gasteiger partial charge is 0.550 e. The first kappa shape index (κ1) is 26.0. The lowest BCUT2D eigenvalue weighted by atomic mass is 9.44. The number of hydrogen-bond donors (Lipinski definition) is 1. The maximum atomic E-state index is 10.9. The van der Waals surface area contributed by atoms with Crippen molar-refractivity contribution in [2.45, 2.75) is 97.5 Å². The van der Waals surface area contributed by atoms with Crippen LogP contribution in [0.3, 0.4) is 0 Å².